The van der Waals surface area contributed by atoms with E-state index in [1.165, 1.54) is 12.1 Å². The maximum absolute atomic E-state index is 13.1. The van der Waals surface area contributed by atoms with Crippen LogP contribution in [0.4, 0.5) is 4.39 Å². The van der Waals surface area contributed by atoms with Gasteiger partial charge in [-0.25, -0.2) is 9.37 Å². The Labute approximate surface area is 100 Å². The first kappa shape index (κ1) is 12.0. The first-order chi connectivity index (χ1) is 8.26. The fourth-order valence-corrected chi connectivity index (χ4v) is 2.04. The van der Waals surface area contributed by atoms with Crippen LogP contribution in [0.25, 0.3) is 11.0 Å². The van der Waals surface area contributed by atoms with E-state index >= 15 is 0 Å². The highest BCUT2D eigenvalue weighted by Crippen LogP contribution is 2.18. The number of unbranched alkanes of at least 4 members (excludes halogenated alkanes) is 1. The van der Waals surface area contributed by atoms with E-state index < -0.39 is 0 Å². The fourth-order valence-electron chi connectivity index (χ4n) is 2.04. The van der Waals surface area contributed by atoms with Crippen LogP contribution in [0.5, 0.6) is 0 Å². The monoisotopic (exact) mass is 235 g/mol. The number of imidazole rings is 1. The number of benzene rings is 1. The van der Waals surface area contributed by atoms with Crippen molar-refractivity contribution >= 4 is 11.0 Å². The predicted molar refractivity (Wildman–Crippen MR) is 67.4 cm³/mol. The second-order valence-corrected chi connectivity index (χ2v) is 4.20. The summed E-state index contributed by atoms with van der Waals surface area (Å²) in [6, 6.07) is 4.77. The zero-order valence-corrected chi connectivity index (χ0v) is 10.1. The van der Waals surface area contributed by atoms with Crippen LogP contribution in [0.15, 0.2) is 18.2 Å². The van der Waals surface area contributed by atoms with Crippen LogP contribution in [0.2, 0.25) is 0 Å². The van der Waals surface area contributed by atoms with Gasteiger partial charge < -0.3 is 10.3 Å². The normalized spacial score (nSPS) is 11.2. The summed E-state index contributed by atoms with van der Waals surface area (Å²) in [5, 5.41) is 0. The predicted octanol–water partition coefficient (Wildman–Crippen LogP) is 2.48. The van der Waals surface area contributed by atoms with Crippen molar-refractivity contribution in [1.82, 2.24) is 9.55 Å². The van der Waals surface area contributed by atoms with Crippen LogP contribution < -0.4 is 5.73 Å². The summed E-state index contributed by atoms with van der Waals surface area (Å²) in [4.78, 5) is 4.46. The molecule has 1 aromatic heterocycles. The molecule has 0 saturated heterocycles. The molecule has 2 rings (SSSR count). The molecule has 17 heavy (non-hydrogen) atoms. The molecule has 1 heterocycles. The molecule has 0 aliphatic heterocycles. The zero-order chi connectivity index (χ0) is 12.3. The van der Waals surface area contributed by atoms with Crippen molar-refractivity contribution in [2.45, 2.75) is 32.7 Å². The van der Waals surface area contributed by atoms with Crippen LogP contribution in [0.3, 0.4) is 0 Å². The van der Waals surface area contributed by atoms with Crippen molar-refractivity contribution in [3.05, 3.63) is 29.8 Å². The van der Waals surface area contributed by atoms with Gasteiger partial charge in [0.15, 0.2) is 0 Å². The van der Waals surface area contributed by atoms with Gasteiger partial charge in [-0.05, 0) is 25.1 Å². The van der Waals surface area contributed by atoms with Gasteiger partial charge in [0.1, 0.15) is 11.6 Å². The molecule has 0 saturated carbocycles. The van der Waals surface area contributed by atoms with E-state index in [2.05, 4.69) is 16.5 Å². The SMILES string of the molecule is CCCCn1c(CCN)nc2cc(F)ccc21. The highest BCUT2D eigenvalue weighted by molar-refractivity contribution is 5.76. The third-order valence-corrected chi connectivity index (χ3v) is 2.89. The number of fused-ring (bicyclic) bond motifs is 1. The molecule has 0 amide bonds. The van der Waals surface area contributed by atoms with Gasteiger partial charge in [0, 0.05) is 19.0 Å². The van der Waals surface area contributed by atoms with E-state index in [9.17, 15) is 4.39 Å². The van der Waals surface area contributed by atoms with Crippen LogP contribution >= 0.6 is 0 Å². The summed E-state index contributed by atoms with van der Waals surface area (Å²) < 4.78 is 15.3. The van der Waals surface area contributed by atoms with Gasteiger partial charge in [0.25, 0.3) is 0 Å². The summed E-state index contributed by atoms with van der Waals surface area (Å²) in [6.07, 6.45) is 2.96. The molecule has 4 heteroatoms. The highest BCUT2D eigenvalue weighted by atomic mass is 19.1. The van der Waals surface area contributed by atoms with Gasteiger partial charge in [-0.2, -0.15) is 0 Å². The average Bonchev–Trinajstić information content (AvgIpc) is 2.63. The molecule has 0 radical (unpaired) electrons. The minimum absolute atomic E-state index is 0.239. The number of nitrogens with zero attached hydrogens (tertiary/aromatic N) is 2. The minimum atomic E-state index is -0.239. The molecule has 0 bridgehead atoms. The van der Waals surface area contributed by atoms with Crippen molar-refractivity contribution in [2.24, 2.45) is 5.73 Å². The summed E-state index contributed by atoms with van der Waals surface area (Å²) in [6.45, 7) is 3.65. The number of hydrogen-bond acceptors (Lipinski definition) is 2. The van der Waals surface area contributed by atoms with E-state index in [0.717, 1.165) is 42.7 Å². The Morgan fingerprint density at radius 2 is 2.24 bits per heavy atom. The Morgan fingerprint density at radius 1 is 1.41 bits per heavy atom. The molecule has 2 aromatic rings. The van der Waals surface area contributed by atoms with Gasteiger partial charge >= 0.3 is 0 Å². The number of rotatable bonds is 5. The molecule has 0 spiro atoms. The molecule has 2 N–H and O–H groups in total. The van der Waals surface area contributed by atoms with Gasteiger partial charge in [0.05, 0.1) is 11.0 Å². The molecule has 0 aliphatic carbocycles. The number of aromatic nitrogens is 2. The van der Waals surface area contributed by atoms with E-state index in [-0.39, 0.29) is 5.82 Å². The van der Waals surface area contributed by atoms with E-state index in [4.69, 9.17) is 5.73 Å². The maximum Gasteiger partial charge on any atom is 0.125 e. The standard InChI is InChI=1S/C13H18FN3/c1-2-3-8-17-12-5-4-10(14)9-11(12)16-13(17)6-7-15/h4-5,9H,2-3,6-8,15H2,1H3. The summed E-state index contributed by atoms with van der Waals surface area (Å²) >= 11 is 0. The average molecular weight is 235 g/mol. The van der Waals surface area contributed by atoms with Gasteiger partial charge in [-0.3, -0.25) is 0 Å². The quantitative estimate of drug-likeness (QED) is 0.865. The van der Waals surface area contributed by atoms with E-state index in [0.29, 0.717) is 6.54 Å². The van der Waals surface area contributed by atoms with Crippen LogP contribution in [-0.2, 0) is 13.0 Å². The van der Waals surface area contributed by atoms with E-state index in [1.807, 2.05) is 0 Å². The highest BCUT2D eigenvalue weighted by Gasteiger charge is 2.10. The molecule has 0 aliphatic rings. The lowest BCUT2D eigenvalue weighted by Crippen LogP contribution is -2.10. The summed E-state index contributed by atoms with van der Waals surface area (Å²) in [5.74, 6) is 0.721. The van der Waals surface area contributed by atoms with Crippen LogP contribution in [0, 0.1) is 5.82 Å². The maximum atomic E-state index is 13.1. The number of nitrogens with two attached hydrogens (primary N) is 1. The molecule has 0 unspecified atom stereocenters. The fraction of sp³-hybridized carbons (Fsp3) is 0.462. The summed E-state index contributed by atoms with van der Waals surface area (Å²) in [7, 11) is 0. The lowest BCUT2D eigenvalue weighted by molar-refractivity contribution is 0.614. The van der Waals surface area contributed by atoms with Crippen molar-refractivity contribution in [3.63, 3.8) is 0 Å². The van der Waals surface area contributed by atoms with Crippen LogP contribution in [-0.4, -0.2) is 16.1 Å². The minimum Gasteiger partial charge on any atom is -0.330 e. The second kappa shape index (κ2) is 5.27. The Kier molecular flexibility index (Phi) is 3.74. The first-order valence-electron chi connectivity index (χ1n) is 6.11. The third kappa shape index (κ3) is 2.47. The number of halogens is 1. The zero-order valence-electron chi connectivity index (χ0n) is 10.1. The van der Waals surface area contributed by atoms with Crippen molar-refractivity contribution in [2.75, 3.05) is 6.54 Å². The molecule has 1 aromatic carbocycles. The number of hydrogen-bond donors (Lipinski definition) is 1. The molecule has 3 nitrogen and oxygen atoms in total. The largest absolute Gasteiger partial charge is 0.330 e. The Hall–Kier alpha value is -1.42. The molecular formula is C13H18FN3. The molecule has 0 fully saturated rings. The Bertz CT molecular complexity index is 505. The van der Waals surface area contributed by atoms with Gasteiger partial charge in [-0.15, -0.1) is 0 Å². The van der Waals surface area contributed by atoms with Crippen LogP contribution in [0.1, 0.15) is 25.6 Å². The Morgan fingerprint density at radius 3 is 2.94 bits per heavy atom. The van der Waals surface area contributed by atoms with Crippen molar-refractivity contribution in [3.8, 4) is 0 Å². The van der Waals surface area contributed by atoms with Gasteiger partial charge in [-0.1, -0.05) is 13.3 Å². The third-order valence-electron chi connectivity index (χ3n) is 2.89. The topological polar surface area (TPSA) is 43.8 Å². The van der Waals surface area contributed by atoms with Crippen molar-refractivity contribution < 1.29 is 4.39 Å². The first-order valence-corrected chi connectivity index (χ1v) is 6.11. The molecular weight excluding hydrogens is 217 g/mol. The van der Waals surface area contributed by atoms with E-state index in [1.54, 1.807) is 6.07 Å². The lowest BCUT2D eigenvalue weighted by Gasteiger charge is -2.07. The molecule has 92 valence electrons. The lowest BCUT2D eigenvalue weighted by atomic mass is 10.3. The summed E-state index contributed by atoms with van der Waals surface area (Å²) in [5.41, 5.74) is 7.31. The molecule has 0 atom stereocenters. The van der Waals surface area contributed by atoms with Gasteiger partial charge in [0.2, 0.25) is 0 Å². The Balaban J connectivity index is 2.46. The smallest absolute Gasteiger partial charge is 0.125 e. The second-order valence-electron chi connectivity index (χ2n) is 4.20. The van der Waals surface area contributed by atoms with Crippen molar-refractivity contribution in [1.29, 1.82) is 0 Å². The number of aryl methyl sites for hydroxylation is 1.